The number of carbonyl (C=O) groups is 1. The number of ether oxygens (including phenoxy) is 1. The van der Waals surface area contributed by atoms with E-state index in [2.05, 4.69) is 0 Å². The summed E-state index contributed by atoms with van der Waals surface area (Å²) in [5, 5.41) is 8.80. The van der Waals surface area contributed by atoms with E-state index in [1.54, 1.807) is 13.0 Å². The first-order valence-corrected chi connectivity index (χ1v) is 5.21. The van der Waals surface area contributed by atoms with Crippen molar-refractivity contribution in [2.75, 3.05) is 6.61 Å². The molecule has 18 heavy (non-hydrogen) atoms. The minimum atomic E-state index is -4.74. The highest BCUT2D eigenvalue weighted by atomic mass is 19.4. The van der Waals surface area contributed by atoms with E-state index in [0.717, 1.165) is 5.56 Å². The second kappa shape index (κ2) is 5.39. The quantitative estimate of drug-likeness (QED) is 0.848. The number of hydrogen-bond acceptors (Lipinski definition) is 3. The fourth-order valence-corrected chi connectivity index (χ4v) is 1.31. The predicted molar refractivity (Wildman–Crippen MR) is 58.7 cm³/mol. The normalized spacial score (nSPS) is 13.2. The van der Waals surface area contributed by atoms with Crippen molar-refractivity contribution in [3.8, 4) is 5.75 Å². The van der Waals surface area contributed by atoms with Gasteiger partial charge in [-0.05, 0) is 26.0 Å². The molecule has 0 bridgehead atoms. The maximum atomic E-state index is 12.1. The molecule has 6 heteroatoms. The molecule has 1 aromatic carbocycles. The zero-order chi connectivity index (χ0) is 13.9. The molecule has 0 saturated carbocycles. The summed E-state index contributed by atoms with van der Waals surface area (Å²) in [6, 6.07) is 4.55. The Morgan fingerprint density at radius 2 is 2.06 bits per heavy atom. The largest absolute Gasteiger partial charge is 0.490 e. The SMILES string of the molecule is CC(=O)c1cc(C)ccc1OCC(O)C(F)(F)F. The van der Waals surface area contributed by atoms with Crippen LogP contribution in [0.2, 0.25) is 0 Å². The Kier molecular flexibility index (Phi) is 4.34. The summed E-state index contributed by atoms with van der Waals surface area (Å²) in [5.41, 5.74) is 0.994. The van der Waals surface area contributed by atoms with Gasteiger partial charge in [0, 0.05) is 0 Å². The van der Waals surface area contributed by atoms with E-state index < -0.39 is 18.9 Å². The first-order chi connectivity index (χ1) is 8.21. The van der Waals surface area contributed by atoms with Gasteiger partial charge in [0.1, 0.15) is 12.4 Å². The Bertz CT molecular complexity index is 441. The van der Waals surface area contributed by atoms with Gasteiger partial charge in [0.2, 0.25) is 0 Å². The summed E-state index contributed by atoms with van der Waals surface area (Å²) < 4.78 is 41.1. The van der Waals surface area contributed by atoms with Crippen LogP contribution in [0.5, 0.6) is 5.75 Å². The number of aliphatic hydroxyl groups excluding tert-OH is 1. The van der Waals surface area contributed by atoms with Crippen molar-refractivity contribution in [3.63, 3.8) is 0 Å². The van der Waals surface area contributed by atoms with Crippen LogP contribution in [-0.2, 0) is 0 Å². The molecule has 0 heterocycles. The summed E-state index contributed by atoms with van der Waals surface area (Å²) in [4.78, 5) is 11.3. The van der Waals surface area contributed by atoms with Gasteiger partial charge in [-0.15, -0.1) is 0 Å². The Hall–Kier alpha value is -1.56. The Labute approximate surface area is 102 Å². The van der Waals surface area contributed by atoms with Crippen molar-refractivity contribution in [2.24, 2.45) is 0 Å². The van der Waals surface area contributed by atoms with Gasteiger partial charge < -0.3 is 9.84 Å². The molecule has 1 atom stereocenters. The Morgan fingerprint density at radius 3 is 2.56 bits per heavy atom. The molecular formula is C12H13F3O3. The molecule has 1 aromatic rings. The lowest BCUT2D eigenvalue weighted by Crippen LogP contribution is -2.34. The third-order valence-corrected chi connectivity index (χ3v) is 2.29. The van der Waals surface area contributed by atoms with Crippen molar-refractivity contribution < 1.29 is 27.8 Å². The van der Waals surface area contributed by atoms with Gasteiger partial charge >= 0.3 is 6.18 Å². The number of aliphatic hydroxyl groups is 1. The van der Waals surface area contributed by atoms with Gasteiger partial charge in [-0.2, -0.15) is 13.2 Å². The molecule has 0 fully saturated rings. The molecule has 100 valence electrons. The van der Waals surface area contributed by atoms with E-state index in [9.17, 15) is 18.0 Å². The lowest BCUT2D eigenvalue weighted by atomic mass is 10.1. The van der Waals surface area contributed by atoms with Crippen LogP contribution < -0.4 is 4.74 Å². The molecule has 3 nitrogen and oxygen atoms in total. The molecule has 0 saturated heterocycles. The fourth-order valence-electron chi connectivity index (χ4n) is 1.31. The Morgan fingerprint density at radius 1 is 1.44 bits per heavy atom. The van der Waals surface area contributed by atoms with Gasteiger partial charge in [-0.3, -0.25) is 4.79 Å². The van der Waals surface area contributed by atoms with E-state index in [1.165, 1.54) is 19.1 Å². The zero-order valence-electron chi connectivity index (χ0n) is 9.91. The first kappa shape index (κ1) is 14.5. The lowest BCUT2D eigenvalue weighted by Gasteiger charge is -2.16. The monoisotopic (exact) mass is 262 g/mol. The van der Waals surface area contributed by atoms with Crippen molar-refractivity contribution >= 4 is 5.78 Å². The average Bonchev–Trinajstić information content (AvgIpc) is 2.25. The number of alkyl halides is 3. The highest BCUT2D eigenvalue weighted by Crippen LogP contribution is 2.24. The average molecular weight is 262 g/mol. The maximum Gasteiger partial charge on any atom is 0.417 e. The highest BCUT2D eigenvalue weighted by Gasteiger charge is 2.38. The second-order valence-electron chi connectivity index (χ2n) is 3.92. The molecular weight excluding hydrogens is 249 g/mol. The number of carbonyl (C=O) groups excluding carboxylic acids is 1. The number of halogens is 3. The van der Waals surface area contributed by atoms with Crippen LogP contribution in [0.25, 0.3) is 0 Å². The summed E-state index contributed by atoms with van der Waals surface area (Å²) in [7, 11) is 0. The van der Waals surface area contributed by atoms with Gasteiger partial charge in [0.25, 0.3) is 0 Å². The fraction of sp³-hybridized carbons (Fsp3) is 0.417. The molecule has 0 amide bonds. The number of hydrogen-bond donors (Lipinski definition) is 1. The molecule has 0 aliphatic rings. The number of ketones is 1. The number of aryl methyl sites for hydroxylation is 1. The molecule has 0 radical (unpaired) electrons. The highest BCUT2D eigenvalue weighted by molar-refractivity contribution is 5.97. The molecule has 1 unspecified atom stereocenters. The molecule has 1 rings (SSSR count). The van der Waals surface area contributed by atoms with E-state index in [-0.39, 0.29) is 17.1 Å². The van der Waals surface area contributed by atoms with Crippen molar-refractivity contribution in [1.82, 2.24) is 0 Å². The van der Waals surface area contributed by atoms with E-state index >= 15 is 0 Å². The summed E-state index contributed by atoms with van der Waals surface area (Å²) in [5.74, 6) is -0.272. The molecule has 0 aromatic heterocycles. The third-order valence-electron chi connectivity index (χ3n) is 2.29. The third kappa shape index (κ3) is 3.73. The van der Waals surface area contributed by atoms with Crippen LogP contribution >= 0.6 is 0 Å². The smallest absolute Gasteiger partial charge is 0.417 e. The van der Waals surface area contributed by atoms with E-state index in [4.69, 9.17) is 9.84 Å². The minimum absolute atomic E-state index is 0.0383. The van der Waals surface area contributed by atoms with Gasteiger partial charge in [-0.25, -0.2) is 0 Å². The molecule has 0 aliphatic heterocycles. The van der Waals surface area contributed by atoms with Crippen molar-refractivity contribution in [2.45, 2.75) is 26.1 Å². The first-order valence-electron chi connectivity index (χ1n) is 5.21. The van der Waals surface area contributed by atoms with Crippen LogP contribution in [0.15, 0.2) is 18.2 Å². The van der Waals surface area contributed by atoms with Crippen LogP contribution in [0, 0.1) is 6.92 Å². The summed E-state index contributed by atoms with van der Waals surface area (Å²) >= 11 is 0. The zero-order valence-corrected chi connectivity index (χ0v) is 9.91. The van der Waals surface area contributed by atoms with E-state index in [1.807, 2.05) is 0 Å². The summed E-state index contributed by atoms with van der Waals surface area (Å²) in [6.45, 7) is 2.11. The number of rotatable bonds is 4. The molecule has 1 N–H and O–H groups in total. The second-order valence-corrected chi connectivity index (χ2v) is 3.92. The summed E-state index contributed by atoms with van der Waals surface area (Å²) in [6.07, 6.45) is -7.31. The van der Waals surface area contributed by atoms with Gasteiger partial charge in [-0.1, -0.05) is 11.6 Å². The predicted octanol–water partition coefficient (Wildman–Crippen LogP) is 2.50. The maximum absolute atomic E-state index is 12.1. The van der Waals surface area contributed by atoms with Crippen molar-refractivity contribution in [3.05, 3.63) is 29.3 Å². The Balaban J connectivity index is 2.82. The topological polar surface area (TPSA) is 46.5 Å². The van der Waals surface area contributed by atoms with Crippen LogP contribution in [-0.4, -0.2) is 29.8 Å². The van der Waals surface area contributed by atoms with Crippen LogP contribution in [0.4, 0.5) is 13.2 Å². The lowest BCUT2D eigenvalue weighted by molar-refractivity contribution is -0.210. The number of benzene rings is 1. The van der Waals surface area contributed by atoms with E-state index in [0.29, 0.717) is 0 Å². The van der Waals surface area contributed by atoms with Gasteiger partial charge in [0.05, 0.1) is 5.56 Å². The molecule has 0 spiro atoms. The standard InChI is InChI=1S/C12H13F3O3/c1-7-3-4-10(9(5-7)8(2)16)18-6-11(17)12(13,14)15/h3-5,11,17H,6H2,1-2H3. The number of Topliss-reactive ketones (excluding diaryl/α,β-unsaturated/α-hetero) is 1. The van der Waals surface area contributed by atoms with Gasteiger partial charge in [0.15, 0.2) is 11.9 Å². The molecule has 0 aliphatic carbocycles. The van der Waals surface area contributed by atoms with Crippen LogP contribution in [0.3, 0.4) is 0 Å². The van der Waals surface area contributed by atoms with Crippen molar-refractivity contribution in [1.29, 1.82) is 0 Å². The minimum Gasteiger partial charge on any atom is -0.490 e. The van der Waals surface area contributed by atoms with Crippen LogP contribution in [0.1, 0.15) is 22.8 Å².